The van der Waals surface area contributed by atoms with Crippen LogP contribution in [0.2, 0.25) is 0 Å². The van der Waals surface area contributed by atoms with Gasteiger partial charge in [-0.25, -0.2) is 4.39 Å². The Hall–Kier alpha value is -0.800. The van der Waals surface area contributed by atoms with Crippen molar-refractivity contribution >= 4 is 11.8 Å². The van der Waals surface area contributed by atoms with Gasteiger partial charge in [0, 0.05) is 0 Å². The van der Waals surface area contributed by atoms with Crippen LogP contribution in [0.3, 0.4) is 0 Å². The number of halogens is 1. The minimum Gasteiger partial charge on any atom is -0.372 e. The van der Waals surface area contributed by atoms with E-state index in [1.807, 2.05) is 6.07 Å². The van der Waals surface area contributed by atoms with Crippen molar-refractivity contribution in [3.63, 3.8) is 0 Å². The third-order valence-electron chi connectivity index (χ3n) is 2.06. The molecule has 1 aliphatic rings. The zero-order valence-corrected chi connectivity index (χ0v) is 7.67. The lowest BCUT2D eigenvalue weighted by Gasteiger charge is -2.24. The quantitative estimate of drug-likeness (QED) is 0.744. The van der Waals surface area contributed by atoms with E-state index in [2.05, 4.69) is 0 Å². The smallest absolute Gasteiger partial charge is 0.174 e. The second-order valence-corrected chi connectivity index (χ2v) is 4.04. The van der Waals surface area contributed by atoms with Crippen LogP contribution < -0.4 is 0 Å². The van der Waals surface area contributed by atoms with Gasteiger partial charge in [0.25, 0.3) is 0 Å². The lowest BCUT2D eigenvalue weighted by atomic mass is 10.1. The van der Waals surface area contributed by atoms with Crippen LogP contribution in [0.1, 0.15) is 5.56 Å². The van der Waals surface area contributed by atoms with Gasteiger partial charge in [-0.2, -0.15) is 0 Å². The first kappa shape index (κ1) is 8.78. The van der Waals surface area contributed by atoms with Gasteiger partial charge in [-0.15, -0.1) is 0 Å². The van der Waals surface area contributed by atoms with E-state index in [-0.39, 0.29) is 0 Å². The first-order chi connectivity index (χ1) is 6.23. The van der Waals surface area contributed by atoms with Crippen molar-refractivity contribution in [1.82, 2.24) is 0 Å². The second kappa shape index (κ2) is 3.16. The van der Waals surface area contributed by atoms with E-state index < -0.39 is 11.1 Å². The summed E-state index contributed by atoms with van der Waals surface area (Å²) in [6, 6.07) is 8.88. The van der Waals surface area contributed by atoms with E-state index in [9.17, 15) is 9.50 Å². The molecule has 1 aromatic rings. The molecule has 1 nitrogen and oxygen atoms in total. The van der Waals surface area contributed by atoms with Gasteiger partial charge in [0.2, 0.25) is 0 Å². The number of alkyl halides is 1. The van der Waals surface area contributed by atoms with E-state index in [1.54, 1.807) is 29.7 Å². The zero-order chi connectivity index (χ0) is 9.31. The summed E-state index contributed by atoms with van der Waals surface area (Å²) in [6.07, 6.45) is 0.0531. The highest BCUT2D eigenvalue weighted by Crippen LogP contribution is 2.44. The lowest BCUT2D eigenvalue weighted by molar-refractivity contribution is 0.0713. The average Bonchev–Trinajstić information content (AvgIpc) is 2.50. The Bertz CT molecular complexity index is 325. The van der Waals surface area contributed by atoms with Crippen LogP contribution in [0.15, 0.2) is 41.8 Å². The molecule has 2 unspecified atom stereocenters. The summed E-state index contributed by atoms with van der Waals surface area (Å²) in [5.41, 5.74) is 0.609. The van der Waals surface area contributed by atoms with Crippen molar-refractivity contribution in [2.24, 2.45) is 0 Å². The zero-order valence-electron chi connectivity index (χ0n) is 6.85. The third kappa shape index (κ3) is 1.38. The van der Waals surface area contributed by atoms with Gasteiger partial charge in [-0.3, -0.25) is 0 Å². The summed E-state index contributed by atoms with van der Waals surface area (Å²) >= 11 is 1.11. The molecule has 2 rings (SSSR count). The van der Waals surface area contributed by atoms with Gasteiger partial charge in [-0.05, 0) is 17.0 Å². The number of rotatable bonds is 1. The largest absolute Gasteiger partial charge is 0.372 e. The molecule has 0 aliphatic carbocycles. The Morgan fingerprint density at radius 3 is 2.54 bits per heavy atom. The number of aliphatic hydroxyl groups is 1. The van der Waals surface area contributed by atoms with Crippen LogP contribution in [-0.4, -0.2) is 11.3 Å². The van der Waals surface area contributed by atoms with Crippen LogP contribution >= 0.6 is 11.8 Å². The van der Waals surface area contributed by atoms with Gasteiger partial charge >= 0.3 is 0 Å². The van der Waals surface area contributed by atoms with Crippen molar-refractivity contribution in [3.05, 3.63) is 47.4 Å². The molecule has 1 aromatic carbocycles. The Balaban J connectivity index is 2.36. The molecule has 0 radical (unpaired) electrons. The van der Waals surface area contributed by atoms with E-state index in [1.165, 1.54) is 6.08 Å². The minimum atomic E-state index is -1.42. The highest BCUT2D eigenvalue weighted by molar-refractivity contribution is 8.03. The first-order valence-corrected chi connectivity index (χ1v) is 4.88. The molecule has 13 heavy (non-hydrogen) atoms. The summed E-state index contributed by atoms with van der Waals surface area (Å²) in [4.78, 5) is -1.42. The molecule has 68 valence electrons. The molecule has 0 bridgehead atoms. The van der Waals surface area contributed by atoms with Gasteiger partial charge < -0.3 is 5.11 Å². The summed E-state index contributed by atoms with van der Waals surface area (Å²) in [5.74, 6) is 0. The highest BCUT2D eigenvalue weighted by Gasteiger charge is 2.40. The molecule has 1 aliphatic heterocycles. The van der Waals surface area contributed by atoms with E-state index >= 15 is 0 Å². The predicted molar refractivity (Wildman–Crippen MR) is 52.0 cm³/mol. The molecule has 3 heteroatoms. The Morgan fingerprint density at radius 1 is 1.31 bits per heavy atom. The van der Waals surface area contributed by atoms with Crippen LogP contribution in [0, 0.1) is 0 Å². The number of benzene rings is 1. The molecule has 0 fully saturated rings. The van der Waals surface area contributed by atoms with Crippen molar-refractivity contribution in [1.29, 1.82) is 0 Å². The highest BCUT2D eigenvalue weighted by atomic mass is 32.2. The van der Waals surface area contributed by atoms with Crippen LogP contribution in [-0.2, 0) is 4.93 Å². The van der Waals surface area contributed by atoms with E-state index in [0.717, 1.165) is 11.8 Å². The lowest BCUT2D eigenvalue weighted by Crippen LogP contribution is -2.28. The summed E-state index contributed by atoms with van der Waals surface area (Å²) in [5, 5.41) is 11.6. The van der Waals surface area contributed by atoms with E-state index in [4.69, 9.17) is 0 Å². The molecular formula is C10H9FOS. The number of hydrogen-bond donors (Lipinski definition) is 1. The summed E-state index contributed by atoms with van der Waals surface area (Å²) in [7, 11) is 0. The van der Waals surface area contributed by atoms with E-state index in [0.29, 0.717) is 5.56 Å². The van der Waals surface area contributed by atoms with Crippen molar-refractivity contribution in [3.8, 4) is 0 Å². The Labute approximate surface area is 80.3 Å². The molecular weight excluding hydrogens is 187 g/mol. The maximum absolute atomic E-state index is 13.3. The van der Waals surface area contributed by atoms with Crippen LogP contribution in [0.4, 0.5) is 4.39 Å². The summed E-state index contributed by atoms with van der Waals surface area (Å²) < 4.78 is 13.3. The Kier molecular flexibility index (Phi) is 2.14. The predicted octanol–water partition coefficient (Wildman–Crippen LogP) is 2.43. The first-order valence-electron chi connectivity index (χ1n) is 4.00. The molecule has 0 saturated heterocycles. The maximum Gasteiger partial charge on any atom is 0.174 e. The minimum absolute atomic E-state index is 0.609. The SMILES string of the molecule is OC1(c2ccccc2)SC=CC1F. The van der Waals surface area contributed by atoms with Crippen molar-refractivity contribution < 1.29 is 9.50 Å². The van der Waals surface area contributed by atoms with Gasteiger partial charge in [0.1, 0.15) is 0 Å². The molecule has 1 N–H and O–H groups in total. The molecule has 0 amide bonds. The third-order valence-corrected chi connectivity index (χ3v) is 3.17. The molecule has 0 spiro atoms. The maximum atomic E-state index is 13.3. The topological polar surface area (TPSA) is 20.2 Å². The fourth-order valence-electron chi connectivity index (χ4n) is 1.31. The monoisotopic (exact) mass is 196 g/mol. The second-order valence-electron chi connectivity index (χ2n) is 2.91. The van der Waals surface area contributed by atoms with Crippen molar-refractivity contribution in [2.75, 3.05) is 0 Å². The van der Waals surface area contributed by atoms with Gasteiger partial charge in [-0.1, -0.05) is 42.1 Å². The van der Waals surface area contributed by atoms with Gasteiger partial charge in [0.15, 0.2) is 11.1 Å². The van der Waals surface area contributed by atoms with Crippen LogP contribution in [0.25, 0.3) is 0 Å². The van der Waals surface area contributed by atoms with Crippen molar-refractivity contribution in [2.45, 2.75) is 11.1 Å². The standard InChI is InChI=1S/C10H9FOS/c11-9-6-7-13-10(9,12)8-4-2-1-3-5-8/h1-7,9,12H. The van der Waals surface area contributed by atoms with Crippen LogP contribution in [0.5, 0.6) is 0 Å². The van der Waals surface area contributed by atoms with Gasteiger partial charge in [0.05, 0.1) is 0 Å². The molecule has 2 atom stereocenters. The number of thioether (sulfide) groups is 1. The number of hydrogen-bond acceptors (Lipinski definition) is 2. The average molecular weight is 196 g/mol. The molecule has 0 aromatic heterocycles. The summed E-state index contributed by atoms with van der Waals surface area (Å²) in [6.45, 7) is 0. The fourth-order valence-corrected chi connectivity index (χ4v) is 2.22. The molecule has 1 heterocycles. The molecule has 0 saturated carbocycles. The fraction of sp³-hybridized carbons (Fsp3) is 0.200. The normalized spacial score (nSPS) is 32.3. The Morgan fingerprint density at radius 2 is 2.00 bits per heavy atom.